The quantitative estimate of drug-likeness (QED) is 0.796. The Bertz CT molecular complexity index is 369. The summed E-state index contributed by atoms with van der Waals surface area (Å²) in [5, 5.41) is 3.44. The van der Waals surface area contributed by atoms with E-state index < -0.39 is 0 Å². The molecule has 0 spiro atoms. The van der Waals surface area contributed by atoms with Crippen LogP contribution in [-0.4, -0.2) is 29.5 Å². The number of halogens is 1. The molecule has 2 saturated heterocycles. The normalized spacial score (nSPS) is 29.6. The van der Waals surface area contributed by atoms with Gasteiger partial charge in [0, 0.05) is 30.1 Å². The molecule has 4 heteroatoms. The van der Waals surface area contributed by atoms with Crippen LogP contribution < -0.4 is 5.32 Å². The highest BCUT2D eigenvalue weighted by Crippen LogP contribution is 2.36. The van der Waals surface area contributed by atoms with Crippen molar-refractivity contribution < 1.29 is 4.39 Å². The SMILES string of the molecule is Fc1cccc(SN2C3CCC2CNC3)c1. The lowest BCUT2D eigenvalue weighted by Gasteiger charge is -2.33. The minimum Gasteiger partial charge on any atom is -0.314 e. The summed E-state index contributed by atoms with van der Waals surface area (Å²) in [6.45, 7) is 2.14. The van der Waals surface area contributed by atoms with Crippen molar-refractivity contribution >= 4 is 11.9 Å². The Hall–Kier alpha value is -0.580. The second-order valence-electron chi connectivity index (χ2n) is 4.45. The van der Waals surface area contributed by atoms with Gasteiger partial charge in [-0.3, -0.25) is 0 Å². The van der Waals surface area contributed by atoms with Crippen LogP contribution in [0.2, 0.25) is 0 Å². The molecule has 2 aliphatic rings. The average molecular weight is 238 g/mol. The van der Waals surface area contributed by atoms with E-state index in [0.29, 0.717) is 12.1 Å². The van der Waals surface area contributed by atoms with Gasteiger partial charge in [-0.25, -0.2) is 8.70 Å². The fraction of sp³-hybridized carbons (Fsp3) is 0.500. The fourth-order valence-electron chi connectivity index (χ4n) is 2.53. The van der Waals surface area contributed by atoms with Crippen LogP contribution in [0.3, 0.4) is 0 Å². The summed E-state index contributed by atoms with van der Waals surface area (Å²) < 4.78 is 15.5. The van der Waals surface area contributed by atoms with E-state index in [2.05, 4.69) is 9.62 Å². The van der Waals surface area contributed by atoms with Crippen LogP contribution in [0.4, 0.5) is 4.39 Å². The molecule has 1 aromatic carbocycles. The van der Waals surface area contributed by atoms with Gasteiger partial charge >= 0.3 is 0 Å². The standard InChI is InChI=1S/C12H15FN2S/c13-9-2-1-3-12(6-9)16-15-10-4-5-11(15)8-14-7-10/h1-3,6,10-11,14H,4-5,7-8H2. The Balaban J connectivity index is 1.75. The van der Waals surface area contributed by atoms with Gasteiger partial charge in [0.15, 0.2) is 0 Å². The first-order valence-corrected chi connectivity index (χ1v) is 6.53. The van der Waals surface area contributed by atoms with Crippen LogP contribution in [0.5, 0.6) is 0 Å². The van der Waals surface area contributed by atoms with Gasteiger partial charge in [-0.2, -0.15) is 0 Å². The first kappa shape index (κ1) is 10.6. The molecule has 2 unspecified atom stereocenters. The van der Waals surface area contributed by atoms with E-state index in [0.717, 1.165) is 18.0 Å². The van der Waals surface area contributed by atoms with Crippen molar-refractivity contribution in [3.8, 4) is 0 Å². The lowest BCUT2D eigenvalue weighted by Crippen LogP contribution is -2.48. The number of piperazine rings is 1. The summed E-state index contributed by atoms with van der Waals surface area (Å²) in [6, 6.07) is 8.11. The van der Waals surface area contributed by atoms with E-state index in [1.54, 1.807) is 24.1 Å². The third-order valence-electron chi connectivity index (χ3n) is 3.32. The van der Waals surface area contributed by atoms with E-state index in [1.807, 2.05) is 6.07 Å². The van der Waals surface area contributed by atoms with Gasteiger partial charge in [-0.15, -0.1) is 0 Å². The number of nitrogens with zero attached hydrogens (tertiary/aromatic N) is 1. The van der Waals surface area contributed by atoms with E-state index in [-0.39, 0.29) is 5.82 Å². The lowest BCUT2D eigenvalue weighted by atomic mass is 10.2. The Labute approximate surface area is 99.3 Å². The van der Waals surface area contributed by atoms with Crippen LogP contribution in [0.15, 0.2) is 29.2 Å². The zero-order valence-electron chi connectivity index (χ0n) is 9.03. The average Bonchev–Trinajstić information content (AvgIpc) is 2.51. The van der Waals surface area contributed by atoms with E-state index in [9.17, 15) is 4.39 Å². The van der Waals surface area contributed by atoms with Crippen LogP contribution in [0.1, 0.15) is 12.8 Å². The molecular formula is C12H15FN2S. The molecule has 3 rings (SSSR count). The Morgan fingerprint density at radius 2 is 2.00 bits per heavy atom. The molecule has 16 heavy (non-hydrogen) atoms. The zero-order valence-corrected chi connectivity index (χ0v) is 9.84. The largest absolute Gasteiger partial charge is 0.314 e. The molecule has 2 bridgehead atoms. The van der Waals surface area contributed by atoms with Crippen molar-refractivity contribution in [3.63, 3.8) is 0 Å². The van der Waals surface area contributed by atoms with Crippen molar-refractivity contribution in [2.24, 2.45) is 0 Å². The Morgan fingerprint density at radius 1 is 1.25 bits per heavy atom. The molecule has 2 atom stereocenters. The van der Waals surface area contributed by atoms with Crippen LogP contribution in [0.25, 0.3) is 0 Å². The number of nitrogens with one attached hydrogen (secondary N) is 1. The second kappa shape index (κ2) is 4.35. The monoisotopic (exact) mass is 238 g/mol. The third-order valence-corrected chi connectivity index (χ3v) is 4.59. The summed E-state index contributed by atoms with van der Waals surface area (Å²) in [5.41, 5.74) is 0. The van der Waals surface area contributed by atoms with Gasteiger partial charge in [0.05, 0.1) is 0 Å². The molecule has 0 amide bonds. The minimum absolute atomic E-state index is 0.146. The predicted molar refractivity (Wildman–Crippen MR) is 63.8 cm³/mol. The van der Waals surface area contributed by atoms with Crippen LogP contribution in [-0.2, 0) is 0 Å². The van der Waals surface area contributed by atoms with Gasteiger partial charge < -0.3 is 5.32 Å². The van der Waals surface area contributed by atoms with Gasteiger partial charge in [-0.05, 0) is 43.0 Å². The molecule has 2 fully saturated rings. The van der Waals surface area contributed by atoms with E-state index in [1.165, 1.54) is 18.9 Å². The number of benzene rings is 1. The van der Waals surface area contributed by atoms with Crippen LogP contribution >= 0.6 is 11.9 Å². The summed E-state index contributed by atoms with van der Waals surface area (Å²) in [6.07, 6.45) is 2.53. The first-order chi connectivity index (χ1) is 7.83. The van der Waals surface area contributed by atoms with Crippen molar-refractivity contribution in [1.29, 1.82) is 0 Å². The highest BCUT2D eigenvalue weighted by atomic mass is 32.2. The zero-order chi connectivity index (χ0) is 11.0. The predicted octanol–water partition coefficient (Wildman–Crippen LogP) is 2.27. The van der Waals surface area contributed by atoms with Gasteiger partial charge in [0.1, 0.15) is 5.82 Å². The van der Waals surface area contributed by atoms with Gasteiger partial charge in [0.2, 0.25) is 0 Å². The van der Waals surface area contributed by atoms with Crippen molar-refractivity contribution in [2.75, 3.05) is 13.1 Å². The molecule has 1 N–H and O–H groups in total. The summed E-state index contributed by atoms with van der Waals surface area (Å²) in [4.78, 5) is 1.01. The molecule has 86 valence electrons. The highest BCUT2D eigenvalue weighted by Gasteiger charge is 2.37. The highest BCUT2D eigenvalue weighted by molar-refractivity contribution is 7.97. The maximum Gasteiger partial charge on any atom is 0.124 e. The summed E-state index contributed by atoms with van der Waals surface area (Å²) >= 11 is 1.71. The second-order valence-corrected chi connectivity index (χ2v) is 5.53. The molecular weight excluding hydrogens is 223 g/mol. The minimum atomic E-state index is -0.146. The molecule has 2 nitrogen and oxygen atoms in total. The van der Waals surface area contributed by atoms with E-state index in [4.69, 9.17) is 0 Å². The molecule has 2 heterocycles. The Kier molecular flexibility index (Phi) is 2.88. The summed E-state index contributed by atoms with van der Waals surface area (Å²) in [7, 11) is 0. The molecule has 0 aliphatic carbocycles. The molecule has 2 aliphatic heterocycles. The maximum absolute atomic E-state index is 13.1. The number of rotatable bonds is 2. The summed E-state index contributed by atoms with van der Waals surface area (Å²) in [5.74, 6) is -0.146. The molecule has 0 aromatic heterocycles. The smallest absolute Gasteiger partial charge is 0.124 e. The number of hydrogen-bond donors (Lipinski definition) is 1. The maximum atomic E-state index is 13.1. The molecule has 1 aromatic rings. The van der Waals surface area contributed by atoms with Gasteiger partial charge in [0.25, 0.3) is 0 Å². The van der Waals surface area contributed by atoms with Crippen molar-refractivity contribution in [2.45, 2.75) is 29.8 Å². The number of hydrogen-bond acceptors (Lipinski definition) is 3. The van der Waals surface area contributed by atoms with Crippen molar-refractivity contribution in [1.82, 2.24) is 9.62 Å². The topological polar surface area (TPSA) is 15.3 Å². The fourth-order valence-corrected chi connectivity index (χ4v) is 3.74. The van der Waals surface area contributed by atoms with Crippen molar-refractivity contribution in [3.05, 3.63) is 30.1 Å². The first-order valence-electron chi connectivity index (χ1n) is 5.75. The van der Waals surface area contributed by atoms with Gasteiger partial charge in [-0.1, -0.05) is 6.07 Å². The van der Waals surface area contributed by atoms with Crippen LogP contribution in [0, 0.1) is 5.82 Å². The molecule has 0 radical (unpaired) electrons. The third kappa shape index (κ3) is 1.97. The number of fused-ring (bicyclic) bond motifs is 2. The Morgan fingerprint density at radius 3 is 2.69 bits per heavy atom. The lowest BCUT2D eigenvalue weighted by molar-refractivity contribution is 0.287. The van der Waals surface area contributed by atoms with E-state index >= 15 is 0 Å². The molecule has 0 saturated carbocycles.